The van der Waals surface area contributed by atoms with Crippen molar-refractivity contribution in [3.8, 4) is 0 Å². The number of methoxy groups -OCH3 is 1. The molecule has 0 amide bonds. The molecule has 2 atom stereocenters. The summed E-state index contributed by atoms with van der Waals surface area (Å²) >= 11 is 0. The van der Waals surface area contributed by atoms with Gasteiger partial charge in [0.25, 0.3) is 0 Å². The van der Waals surface area contributed by atoms with Crippen LogP contribution in [0.25, 0.3) is 0 Å². The molecule has 0 aromatic carbocycles. The maximum absolute atomic E-state index is 5.97. The lowest BCUT2D eigenvalue weighted by Gasteiger charge is -2.27. The van der Waals surface area contributed by atoms with Crippen LogP contribution in [0, 0.1) is 11.3 Å². The fourth-order valence-corrected chi connectivity index (χ4v) is 2.94. The SMILES string of the molecule is CCC1CCC(CN)(CCCCOC)C1. The van der Waals surface area contributed by atoms with Crippen molar-refractivity contribution in [1.82, 2.24) is 0 Å². The third kappa shape index (κ3) is 3.76. The lowest BCUT2D eigenvalue weighted by Crippen LogP contribution is -2.27. The third-order valence-corrected chi connectivity index (χ3v) is 4.12. The number of unbranched alkanes of at least 4 members (excludes halogenated alkanes) is 1. The zero-order valence-electron chi connectivity index (χ0n) is 10.4. The van der Waals surface area contributed by atoms with Crippen LogP contribution in [0.2, 0.25) is 0 Å². The first-order chi connectivity index (χ1) is 7.26. The third-order valence-electron chi connectivity index (χ3n) is 4.12. The van der Waals surface area contributed by atoms with Gasteiger partial charge < -0.3 is 10.5 Å². The van der Waals surface area contributed by atoms with Crippen LogP contribution in [-0.2, 0) is 4.74 Å². The highest BCUT2D eigenvalue weighted by Crippen LogP contribution is 2.45. The molecule has 1 aliphatic rings. The molecule has 2 N–H and O–H groups in total. The molecule has 0 spiro atoms. The van der Waals surface area contributed by atoms with Gasteiger partial charge in [0, 0.05) is 13.7 Å². The Morgan fingerprint density at radius 2 is 2.20 bits per heavy atom. The monoisotopic (exact) mass is 213 g/mol. The van der Waals surface area contributed by atoms with E-state index in [1.54, 1.807) is 7.11 Å². The van der Waals surface area contributed by atoms with Crippen LogP contribution in [0.15, 0.2) is 0 Å². The Morgan fingerprint density at radius 3 is 2.73 bits per heavy atom. The minimum Gasteiger partial charge on any atom is -0.385 e. The molecule has 2 unspecified atom stereocenters. The minimum atomic E-state index is 0.481. The second-order valence-corrected chi connectivity index (χ2v) is 5.17. The molecule has 1 fully saturated rings. The van der Waals surface area contributed by atoms with Gasteiger partial charge in [-0.2, -0.15) is 0 Å². The summed E-state index contributed by atoms with van der Waals surface area (Å²) < 4.78 is 5.08. The van der Waals surface area contributed by atoms with Crippen LogP contribution in [0.4, 0.5) is 0 Å². The summed E-state index contributed by atoms with van der Waals surface area (Å²) in [5.74, 6) is 0.941. The van der Waals surface area contributed by atoms with E-state index in [9.17, 15) is 0 Å². The van der Waals surface area contributed by atoms with E-state index in [2.05, 4.69) is 6.92 Å². The van der Waals surface area contributed by atoms with E-state index in [-0.39, 0.29) is 0 Å². The maximum atomic E-state index is 5.97. The highest BCUT2D eigenvalue weighted by atomic mass is 16.5. The molecule has 2 heteroatoms. The fourth-order valence-electron chi connectivity index (χ4n) is 2.94. The highest BCUT2D eigenvalue weighted by Gasteiger charge is 2.36. The molecule has 15 heavy (non-hydrogen) atoms. The predicted octanol–water partition coefficient (Wildman–Crippen LogP) is 2.96. The van der Waals surface area contributed by atoms with Crippen LogP contribution >= 0.6 is 0 Å². The van der Waals surface area contributed by atoms with Crippen molar-refractivity contribution in [3.63, 3.8) is 0 Å². The van der Waals surface area contributed by atoms with Gasteiger partial charge in [-0.3, -0.25) is 0 Å². The molecule has 90 valence electrons. The first-order valence-corrected chi connectivity index (χ1v) is 6.45. The summed E-state index contributed by atoms with van der Waals surface area (Å²) in [5.41, 5.74) is 6.45. The van der Waals surface area contributed by atoms with Gasteiger partial charge in [0.1, 0.15) is 0 Å². The topological polar surface area (TPSA) is 35.2 Å². The van der Waals surface area contributed by atoms with Crippen molar-refractivity contribution in [3.05, 3.63) is 0 Å². The van der Waals surface area contributed by atoms with E-state index in [4.69, 9.17) is 10.5 Å². The van der Waals surface area contributed by atoms with E-state index in [1.807, 2.05) is 0 Å². The summed E-state index contributed by atoms with van der Waals surface area (Å²) in [4.78, 5) is 0. The quantitative estimate of drug-likeness (QED) is 0.660. The van der Waals surface area contributed by atoms with Crippen LogP contribution in [0.5, 0.6) is 0 Å². The molecule has 1 aliphatic carbocycles. The number of ether oxygens (including phenoxy) is 1. The first kappa shape index (κ1) is 13.0. The molecule has 1 rings (SSSR count). The average molecular weight is 213 g/mol. The molecule has 0 heterocycles. The minimum absolute atomic E-state index is 0.481. The molecule has 0 aromatic rings. The van der Waals surface area contributed by atoms with Gasteiger partial charge in [0.2, 0.25) is 0 Å². The molecule has 0 saturated heterocycles. The largest absolute Gasteiger partial charge is 0.385 e. The molecule has 0 radical (unpaired) electrons. The zero-order chi connectivity index (χ0) is 11.1. The van der Waals surface area contributed by atoms with Crippen molar-refractivity contribution in [1.29, 1.82) is 0 Å². The standard InChI is InChI=1S/C13H27NO/c1-3-12-6-8-13(10-12,11-14)7-4-5-9-15-2/h12H,3-11,14H2,1-2H3. The van der Waals surface area contributed by atoms with Crippen molar-refractivity contribution in [2.24, 2.45) is 17.1 Å². The van der Waals surface area contributed by atoms with Gasteiger partial charge in [0.15, 0.2) is 0 Å². The summed E-state index contributed by atoms with van der Waals surface area (Å²) in [6.45, 7) is 4.09. The van der Waals surface area contributed by atoms with E-state index >= 15 is 0 Å². The number of hydrogen-bond donors (Lipinski definition) is 1. The summed E-state index contributed by atoms with van der Waals surface area (Å²) in [6, 6.07) is 0. The predicted molar refractivity (Wildman–Crippen MR) is 64.8 cm³/mol. The average Bonchev–Trinajstić information content (AvgIpc) is 2.69. The van der Waals surface area contributed by atoms with E-state index in [0.717, 1.165) is 19.1 Å². The zero-order valence-corrected chi connectivity index (χ0v) is 10.4. The molecule has 1 saturated carbocycles. The Morgan fingerprint density at radius 1 is 1.40 bits per heavy atom. The van der Waals surface area contributed by atoms with E-state index < -0.39 is 0 Å². The number of nitrogens with two attached hydrogens (primary N) is 1. The van der Waals surface area contributed by atoms with Gasteiger partial charge in [-0.25, -0.2) is 0 Å². The van der Waals surface area contributed by atoms with Crippen molar-refractivity contribution >= 4 is 0 Å². The highest BCUT2D eigenvalue weighted by molar-refractivity contribution is 4.89. The van der Waals surface area contributed by atoms with E-state index in [1.165, 1.54) is 44.9 Å². The Hall–Kier alpha value is -0.0800. The Kier molecular flexibility index (Phi) is 5.62. The molecule has 2 nitrogen and oxygen atoms in total. The number of rotatable bonds is 7. The normalized spacial score (nSPS) is 31.0. The molecule has 0 aliphatic heterocycles. The molecular formula is C13H27NO. The first-order valence-electron chi connectivity index (χ1n) is 6.45. The summed E-state index contributed by atoms with van der Waals surface area (Å²) in [5, 5.41) is 0. The van der Waals surface area contributed by atoms with Gasteiger partial charge in [-0.05, 0) is 50.0 Å². The van der Waals surface area contributed by atoms with Gasteiger partial charge in [-0.15, -0.1) is 0 Å². The maximum Gasteiger partial charge on any atom is 0.0462 e. The lowest BCUT2D eigenvalue weighted by atomic mass is 9.80. The van der Waals surface area contributed by atoms with Crippen molar-refractivity contribution in [2.75, 3.05) is 20.3 Å². The second kappa shape index (κ2) is 6.49. The van der Waals surface area contributed by atoms with Gasteiger partial charge >= 0.3 is 0 Å². The van der Waals surface area contributed by atoms with Gasteiger partial charge in [-0.1, -0.05) is 19.8 Å². The number of hydrogen-bond acceptors (Lipinski definition) is 2. The smallest absolute Gasteiger partial charge is 0.0462 e. The van der Waals surface area contributed by atoms with E-state index in [0.29, 0.717) is 5.41 Å². The van der Waals surface area contributed by atoms with Crippen molar-refractivity contribution < 1.29 is 4.74 Å². The fraction of sp³-hybridized carbons (Fsp3) is 1.00. The second-order valence-electron chi connectivity index (χ2n) is 5.17. The van der Waals surface area contributed by atoms with Crippen LogP contribution in [0.1, 0.15) is 51.9 Å². The molecule has 0 aromatic heterocycles. The van der Waals surface area contributed by atoms with Crippen molar-refractivity contribution in [2.45, 2.75) is 51.9 Å². The summed E-state index contributed by atoms with van der Waals surface area (Å²) in [6.07, 6.45) is 9.24. The van der Waals surface area contributed by atoms with Crippen LogP contribution in [0.3, 0.4) is 0 Å². The molecule has 0 bridgehead atoms. The molecular weight excluding hydrogens is 186 g/mol. The van der Waals surface area contributed by atoms with Crippen LogP contribution < -0.4 is 5.73 Å². The Balaban J connectivity index is 2.28. The lowest BCUT2D eigenvalue weighted by molar-refractivity contribution is 0.181. The van der Waals surface area contributed by atoms with Crippen LogP contribution in [-0.4, -0.2) is 20.3 Å². The summed E-state index contributed by atoms with van der Waals surface area (Å²) in [7, 11) is 1.78. The Labute approximate surface area is 94.6 Å². The Bertz CT molecular complexity index is 172. The van der Waals surface area contributed by atoms with Gasteiger partial charge in [0.05, 0.1) is 0 Å².